The second kappa shape index (κ2) is 6.09. The van der Waals surface area contributed by atoms with Gasteiger partial charge in [0.2, 0.25) is 0 Å². The van der Waals surface area contributed by atoms with Gasteiger partial charge in [0.1, 0.15) is 17.7 Å². The molecule has 0 aliphatic heterocycles. The topological polar surface area (TPSA) is 59.1 Å². The van der Waals surface area contributed by atoms with E-state index in [0.717, 1.165) is 23.3 Å². The second-order valence-electron chi connectivity index (χ2n) is 5.50. The van der Waals surface area contributed by atoms with Gasteiger partial charge in [-0.15, -0.1) is 0 Å². The van der Waals surface area contributed by atoms with Gasteiger partial charge in [-0.2, -0.15) is 0 Å². The molecule has 3 heteroatoms. The monoisotopic (exact) mass is 260 g/mol. The molecule has 1 aliphatic carbocycles. The highest BCUT2D eigenvalue weighted by Crippen LogP contribution is 2.31. The molecule has 1 aromatic rings. The molecule has 3 N–H and O–H groups in total. The first-order valence-corrected chi connectivity index (χ1v) is 7.23. The number of hydrogen-bond donors (Lipinski definition) is 2. The summed E-state index contributed by atoms with van der Waals surface area (Å²) >= 11 is 0. The van der Waals surface area contributed by atoms with Crippen molar-refractivity contribution < 1.29 is 4.74 Å². The lowest BCUT2D eigenvalue weighted by atomic mass is 9.85. The van der Waals surface area contributed by atoms with E-state index < -0.39 is 0 Å². The lowest BCUT2D eigenvalue weighted by Crippen LogP contribution is -2.30. The van der Waals surface area contributed by atoms with E-state index in [1.54, 1.807) is 0 Å². The molecule has 0 amide bonds. The third-order valence-electron chi connectivity index (χ3n) is 4.14. The van der Waals surface area contributed by atoms with Crippen LogP contribution in [0.5, 0.6) is 5.75 Å². The summed E-state index contributed by atoms with van der Waals surface area (Å²) in [7, 11) is 0. The SMILES string of the molecule is CCC1CCCCC1Oc1ccc(C(=N)N)c(C)c1. The van der Waals surface area contributed by atoms with Crippen molar-refractivity contribution in [1.29, 1.82) is 5.41 Å². The number of hydrogen-bond acceptors (Lipinski definition) is 2. The van der Waals surface area contributed by atoms with Crippen LogP contribution in [0, 0.1) is 18.3 Å². The third kappa shape index (κ3) is 3.28. The van der Waals surface area contributed by atoms with Gasteiger partial charge in [-0.25, -0.2) is 0 Å². The fourth-order valence-corrected chi connectivity index (χ4v) is 2.98. The highest BCUT2D eigenvalue weighted by molar-refractivity contribution is 5.96. The lowest BCUT2D eigenvalue weighted by Gasteiger charge is -2.31. The largest absolute Gasteiger partial charge is 0.490 e. The summed E-state index contributed by atoms with van der Waals surface area (Å²) in [5, 5.41) is 7.50. The Kier molecular flexibility index (Phi) is 4.46. The lowest BCUT2D eigenvalue weighted by molar-refractivity contribution is 0.0903. The first-order valence-electron chi connectivity index (χ1n) is 7.23. The molecule has 0 spiro atoms. The predicted molar refractivity (Wildman–Crippen MR) is 78.9 cm³/mol. The molecule has 2 rings (SSSR count). The molecule has 2 unspecified atom stereocenters. The van der Waals surface area contributed by atoms with Crippen molar-refractivity contribution in [2.24, 2.45) is 11.7 Å². The standard InChI is InChI=1S/C16H24N2O/c1-3-12-6-4-5-7-15(12)19-13-8-9-14(16(17)18)11(2)10-13/h8-10,12,15H,3-7H2,1-2H3,(H3,17,18). The van der Waals surface area contributed by atoms with Gasteiger partial charge in [0.15, 0.2) is 0 Å². The van der Waals surface area contributed by atoms with Crippen LogP contribution in [-0.2, 0) is 0 Å². The molecule has 1 aromatic carbocycles. The molecule has 1 fully saturated rings. The van der Waals surface area contributed by atoms with Crippen molar-refractivity contribution >= 4 is 5.84 Å². The van der Waals surface area contributed by atoms with Crippen LogP contribution in [0.3, 0.4) is 0 Å². The zero-order chi connectivity index (χ0) is 13.8. The average molecular weight is 260 g/mol. The van der Waals surface area contributed by atoms with E-state index in [1.807, 2.05) is 25.1 Å². The Bertz CT molecular complexity index is 456. The summed E-state index contributed by atoms with van der Waals surface area (Å²) < 4.78 is 6.16. The molecule has 0 saturated heterocycles. The summed E-state index contributed by atoms with van der Waals surface area (Å²) in [5.74, 6) is 1.71. The van der Waals surface area contributed by atoms with Crippen LogP contribution in [0.2, 0.25) is 0 Å². The van der Waals surface area contributed by atoms with E-state index in [2.05, 4.69) is 6.92 Å². The van der Waals surface area contributed by atoms with Crippen molar-refractivity contribution in [2.45, 2.75) is 52.1 Å². The van der Waals surface area contributed by atoms with Crippen LogP contribution in [0.15, 0.2) is 18.2 Å². The Morgan fingerprint density at radius 3 is 2.74 bits per heavy atom. The summed E-state index contributed by atoms with van der Waals surface area (Å²) in [6, 6.07) is 5.82. The number of aryl methyl sites for hydroxylation is 1. The molecule has 0 heterocycles. The van der Waals surface area contributed by atoms with E-state index in [4.69, 9.17) is 15.9 Å². The molecule has 1 saturated carbocycles. The number of ether oxygens (including phenoxy) is 1. The average Bonchev–Trinajstić information content (AvgIpc) is 2.39. The highest BCUT2D eigenvalue weighted by Gasteiger charge is 2.25. The predicted octanol–water partition coefficient (Wildman–Crippen LogP) is 3.63. The number of amidine groups is 1. The number of nitrogen functional groups attached to an aromatic ring is 1. The maximum absolute atomic E-state index is 7.50. The van der Waals surface area contributed by atoms with Crippen molar-refractivity contribution in [3.63, 3.8) is 0 Å². The third-order valence-corrected chi connectivity index (χ3v) is 4.14. The second-order valence-corrected chi connectivity index (χ2v) is 5.50. The summed E-state index contributed by atoms with van der Waals surface area (Å²) in [6.07, 6.45) is 6.58. The van der Waals surface area contributed by atoms with Crippen LogP contribution in [0.1, 0.15) is 50.2 Å². The van der Waals surface area contributed by atoms with Gasteiger partial charge in [0.25, 0.3) is 0 Å². The van der Waals surface area contributed by atoms with Gasteiger partial charge >= 0.3 is 0 Å². The van der Waals surface area contributed by atoms with Gasteiger partial charge < -0.3 is 10.5 Å². The molecule has 19 heavy (non-hydrogen) atoms. The van der Waals surface area contributed by atoms with E-state index >= 15 is 0 Å². The maximum Gasteiger partial charge on any atom is 0.123 e. The fourth-order valence-electron chi connectivity index (χ4n) is 2.98. The molecule has 2 atom stereocenters. The van der Waals surface area contributed by atoms with Gasteiger partial charge in [0, 0.05) is 5.56 Å². The van der Waals surface area contributed by atoms with Crippen LogP contribution in [-0.4, -0.2) is 11.9 Å². The molecular weight excluding hydrogens is 236 g/mol. The van der Waals surface area contributed by atoms with Gasteiger partial charge in [-0.3, -0.25) is 5.41 Å². The molecule has 3 nitrogen and oxygen atoms in total. The Labute approximate surface area is 115 Å². The molecular formula is C16H24N2O. The first-order chi connectivity index (χ1) is 9.11. The fraction of sp³-hybridized carbons (Fsp3) is 0.562. The minimum atomic E-state index is 0.119. The number of benzene rings is 1. The number of rotatable bonds is 4. The molecule has 0 aromatic heterocycles. The number of nitrogens with two attached hydrogens (primary N) is 1. The summed E-state index contributed by atoms with van der Waals surface area (Å²) in [5.41, 5.74) is 7.34. The van der Waals surface area contributed by atoms with E-state index in [1.165, 1.54) is 25.7 Å². The van der Waals surface area contributed by atoms with E-state index in [0.29, 0.717) is 12.0 Å². The molecule has 0 radical (unpaired) electrons. The zero-order valence-electron chi connectivity index (χ0n) is 11.9. The van der Waals surface area contributed by atoms with Crippen LogP contribution >= 0.6 is 0 Å². The quantitative estimate of drug-likeness (QED) is 0.641. The van der Waals surface area contributed by atoms with Crippen molar-refractivity contribution in [2.75, 3.05) is 0 Å². The van der Waals surface area contributed by atoms with Gasteiger partial charge in [-0.1, -0.05) is 13.3 Å². The Balaban J connectivity index is 2.10. The molecule has 0 bridgehead atoms. The molecule has 104 valence electrons. The highest BCUT2D eigenvalue weighted by atomic mass is 16.5. The van der Waals surface area contributed by atoms with Crippen LogP contribution in [0.4, 0.5) is 0 Å². The summed E-state index contributed by atoms with van der Waals surface area (Å²) in [6.45, 7) is 4.22. The zero-order valence-corrected chi connectivity index (χ0v) is 11.9. The molecule has 1 aliphatic rings. The van der Waals surface area contributed by atoms with Crippen molar-refractivity contribution in [1.82, 2.24) is 0 Å². The van der Waals surface area contributed by atoms with E-state index in [-0.39, 0.29) is 5.84 Å². The first kappa shape index (κ1) is 13.9. The van der Waals surface area contributed by atoms with Gasteiger partial charge in [0.05, 0.1) is 0 Å². The van der Waals surface area contributed by atoms with Crippen LogP contribution < -0.4 is 10.5 Å². The van der Waals surface area contributed by atoms with Crippen molar-refractivity contribution in [3.05, 3.63) is 29.3 Å². The Morgan fingerprint density at radius 1 is 1.37 bits per heavy atom. The van der Waals surface area contributed by atoms with Crippen LogP contribution in [0.25, 0.3) is 0 Å². The number of nitrogens with one attached hydrogen (secondary N) is 1. The van der Waals surface area contributed by atoms with E-state index in [9.17, 15) is 0 Å². The minimum Gasteiger partial charge on any atom is -0.490 e. The smallest absolute Gasteiger partial charge is 0.123 e. The Morgan fingerprint density at radius 2 is 2.11 bits per heavy atom. The van der Waals surface area contributed by atoms with Crippen molar-refractivity contribution in [3.8, 4) is 5.75 Å². The maximum atomic E-state index is 7.50. The summed E-state index contributed by atoms with van der Waals surface area (Å²) in [4.78, 5) is 0. The normalized spacial score (nSPS) is 23.1. The van der Waals surface area contributed by atoms with Gasteiger partial charge in [-0.05, 0) is 62.3 Å². The minimum absolute atomic E-state index is 0.119. The Hall–Kier alpha value is -1.51.